The van der Waals surface area contributed by atoms with Crippen molar-refractivity contribution in [3.63, 3.8) is 0 Å². The number of para-hydroxylation sites is 1. The highest BCUT2D eigenvalue weighted by molar-refractivity contribution is 5.77. The average molecular weight is 509 g/mol. The minimum atomic E-state index is -4.59. The molecule has 1 aromatic heterocycles. The van der Waals surface area contributed by atoms with Crippen LogP contribution in [0.25, 0.3) is 28.2 Å². The Morgan fingerprint density at radius 1 is 0.919 bits per heavy atom. The summed E-state index contributed by atoms with van der Waals surface area (Å²) in [7, 11) is 0. The fourth-order valence-electron chi connectivity index (χ4n) is 4.37. The van der Waals surface area contributed by atoms with Crippen molar-refractivity contribution in [3.8, 4) is 34.0 Å². The first-order valence-corrected chi connectivity index (χ1v) is 11.8. The Labute approximate surface area is 212 Å². The van der Waals surface area contributed by atoms with Gasteiger partial charge in [-0.2, -0.15) is 18.3 Å². The zero-order chi connectivity index (χ0) is 27.0. The smallest absolute Gasteiger partial charge is 0.418 e. The van der Waals surface area contributed by atoms with E-state index in [-0.39, 0.29) is 11.4 Å². The Hall–Kier alpha value is -4.07. The molecule has 192 valence electrons. The van der Waals surface area contributed by atoms with Gasteiger partial charge in [-0.25, -0.2) is 4.68 Å². The Morgan fingerprint density at radius 2 is 1.51 bits per heavy atom. The maximum atomic E-state index is 14.0. The standard InChI is InChI=1S/C29H27F3N2O3/c1-4-22-25(19-13-15-21(35)16-14-19)33-34(24-8-6-5-7-23(24)29(30,31)32)26(22)20-11-9-18(10-12-20)17-28(2,3)27(36)37/h5-16,35H,4,17H2,1-3H3,(H,36,37). The molecule has 0 amide bonds. The Bertz CT molecular complexity index is 1420. The number of phenolic OH excluding ortho intramolecular Hbond substituents is 1. The molecule has 0 unspecified atom stereocenters. The molecule has 4 aromatic rings. The highest BCUT2D eigenvalue weighted by Crippen LogP contribution is 2.39. The van der Waals surface area contributed by atoms with Crippen LogP contribution in [0.5, 0.6) is 5.75 Å². The molecule has 0 aliphatic heterocycles. The van der Waals surface area contributed by atoms with Crippen LogP contribution in [0.2, 0.25) is 0 Å². The molecule has 0 aliphatic carbocycles. The van der Waals surface area contributed by atoms with E-state index in [4.69, 9.17) is 0 Å². The van der Waals surface area contributed by atoms with Crippen LogP contribution < -0.4 is 0 Å². The number of benzene rings is 3. The van der Waals surface area contributed by atoms with Crippen molar-refractivity contribution in [3.05, 3.63) is 89.5 Å². The topological polar surface area (TPSA) is 75.4 Å². The molecule has 5 nitrogen and oxygen atoms in total. The van der Waals surface area contributed by atoms with Gasteiger partial charge in [0.1, 0.15) is 5.75 Å². The molecular formula is C29H27F3N2O3. The number of carboxylic acids is 1. The molecule has 0 fully saturated rings. The summed E-state index contributed by atoms with van der Waals surface area (Å²) in [5.41, 5.74) is 2.05. The molecule has 0 spiro atoms. The van der Waals surface area contributed by atoms with Gasteiger partial charge < -0.3 is 10.2 Å². The molecule has 4 rings (SSSR count). The molecule has 0 bridgehead atoms. The first-order valence-electron chi connectivity index (χ1n) is 11.8. The summed E-state index contributed by atoms with van der Waals surface area (Å²) >= 11 is 0. The second-order valence-electron chi connectivity index (χ2n) is 9.57. The Balaban J connectivity index is 1.94. The van der Waals surface area contributed by atoms with Crippen LogP contribution in [-0.4, -0.2) is 26.0 Å². The molecule has 0 radical (unpaired) electrons. The van der Waals surface area contributed by atoms with E-state index in [9.17, 15) is 28.2 Å². The van der Waals surface area contributed by atoms with Crippen LogP contribution in [0.1, 0.15) is 37.5 Å². The van der Waals surface area contributed by atoms with Crippen molar-refractivity contribution >= 4 is 5.97 Å². The molecule has 2 N–H and O–H groups in total. The number of halogens is 3. The SMILES string of the molecule is CCc1c(-c2ccc(O)cc2)nn(-c2ccccc2C(F)(F)F)c1-c1ccc(CC(C)(C)C(=O)O)cc1. The lowest BCUT2D eigenvalue weighted by Crippen LogP contribution is -2.26. The minimum absolute atomic E-state index is 0.0729. The largest absolute Gasteiger partial charge is 0.508 e. The normalized spacial score (nSPS) is 12.1. The number of alkyl halides is 3. The lowest BCUT2D eigenvalue weighted by molar-refractivity contribution is -0.146. The number of aliphatic carboxylic acids is 1. The number of aromatic hydroxyl groups is 1. The second-order valence-corrected chi connectivity index (χ2v) is 9.57. The van der Waals surface area contributed by atoms with E-state index in [2.05, 4.69) is 5.10 Å². The number of rotatable bonds is 7. The first-order chi connectivity index (χ1) is 17.4. The summed E-state index contributed by atoms with van der Waals surface area (Å²) in [4.78, 5) is 11.6. The third kappa shape index (κ3) is 5.23. The maximum absolute atomic E-state index is 14.0. The third-order valence-corrected chi connectivity index (χ3v) is 6.37. The van der Waals surface area contributed by atoms with Gasteiger partial charge in [-0.15, -0.1) is 0 Å². The van der Waals surface area contributed by atoms with Gasteiger partial charge in [-0.05, 0) is 68.7 Å². The van der Waals surface area contributed by atoms with Crippen molar-refractivity contribution in [2.24, 2.45) is 5.41 Å². The van der Waals surface area contributed by atoms with Crippen molar-refractivity contribution in [2.45, 2.75) is 39.8 Å². The van der Waals surface area contributed by atoms with Gasteiger partial charge in [-0.1, -0.05) is 43.3 Å². The summed E-state index contributed by atoms with van der Waals surface area (Å²) in [5, 5.41) is 23.9. The van der Waals surface area contributed by atoms with Crippen molar-refractivity contribution in [1.82, 2.24) is 9.78 Å². The van der Waals surface area contributed by atoms with Crippen LogP contribution >= 0.6 is 0 Å². The molecule has 8 heteroatoms. The summed E-state index contributed by atoms with van der Waals surface area (Å²) in [6.45, 7) is 5.20. The quantitative estimate of drug-likeness (QED) is 0.278. The van der Waals surface area contributed by atoms with E-state index in [0.717, 1.165) is 17.2 Å². The van der Waals surface area contributed by atoms with E-state index in [1.165, 1.54) is 28.9 Å². The lowest BCUT2D eigenvalue weighted by Gasteiger charge is -2.19. The molecule has 0 saturated heterocycles. The van der Waals surface area contributed by atoms with Crippen LogP contribution in [0, 0.1) is 5.41 Å². The number of carbonyl (C=O) groups is 1. The highest BCUT2D eigenvalue weighted by Gasteiger charge is 2.35. The molecular weight excluding hydrogens is 481 g/mol. The predicted molar refractivity (Wildman–Crippen MR) is 136 cm³/mol. The molecule has 1 heterocycles. The Kier molecular flexibility index (Phi) is 6.86. The van der Waals surface area contributed by atoms with E-state index in [1.807, 2.05) is 6.92 Å². The summed E-state index contributed by atoms with van der Waals surface area (Å²) in [5.74, 6) is -0.839. The molecule has 0 atom stereocenters. The van der Waals surface area contributed by atoms with Crippen LogP contribution in [0.3, 0.4) is 0 Å². The van der Waals surface area contributed by atoms with E-state index < -0.39 is 23.1 Å². The van der Waals surface area contributed by atoms with Crippen molar-refractivity contribution in [2.75, 3.05) is 0 Å². The zero-order valence-corrected chi connectivity index (χ0v) is 20.7. The highest BCUT2D eigenvalue weighted by atomic mass is 19.4. The predicted octanol–water partition coefficient (Wildman–Crippen LogP) is 7.15. The fourth-order valence-corrected chi connectivity index (χ4v) is 4.37. The van der Waals surface area contributed by atoms with Gasteiger partial charge in [0.2, 0.25) is 0 Å². The van der Waals surface area contributed by atoms with E-state index in [0.29, 0.717) is 35.4 Å². The van der Waals surface area contributed by atoms with Gasteiger partial charge in [-0.3, -0.25) is 4.79 Å². The monoisotopic (exact) mass is 508 g/mol. The lowest BCUT2D eigenvalue weighted by atomic mass is 9.85. The van der Waals surface area contributed by atoms with E-state index in [1.54, 1.807) is 56.3 Å². The van der Waals surface area contributed by atoms with Crippen molar-refractivity contribution in [1.29, 1.82) is 0 Å². The average Bonchev–Trinajstić information content (AvgIpc) is 3.23. The van der Waals surface area contributed by atoms with E-state index >= 15 is 0 Å². The van der Waals surface area contributed by atoms with Gasteiger partial charge in [0, 0.05) is 16.7 Å². The number of aromatic nitrogens is 2. The summed E-state index contributed by atoms with van der Waals surface area (Å²) in [6, 6.07) is 18.9. The molecule has 37 heavy (non-hydrogen) atoms. The Morgan fingerprint density at radius 3 is 2.08 bits per heavy atom. The van der Waals surface area contributed by atoms with Crippen LogP contribution in [-0.2, 0) is 23.8 Å². The van der Waals surface area contributed by atoms with Gasteiger partial charge >= 0.3 is 12.1 Å². The van der Waals surface area contributed by atoms with Gasteiger partial charge in [0.15, 0.2) is 0 Å². The van der Waals surface area contributed by atoms with Crippen LogP contribution in [0.4, 0.5) is 13.2 Å². The van der Waals surface area contributed by atoms with Gasteiger partial charge in [0.25, 0.3) is 0 Å². The number of nitrogens with zero attached hydrogens (tertiary/aromatic N) is 2. The molecule has 3 aromatic carbocycles. The summed E-state index contributed by atoms with van der Waals surface area (Å²) < 4.78 is 43.3. The third-order valence-electron chi connectivity index (χ3n) is 6.37. The molecule has 0 aliphatic rings. The number of hydrogen-bond donors (Lipinski definition) is 2. The fraction of sp³-hybridized carbons (Fsp3) is 0.241. The second kappa shape index (κ2) is 9.76. The minimum Gasteiger partial charge on any atom is -0.508 e. The summed E-state index contributed by atoms with van der Waals surface area (Å²) in [6.07, 6.45) is -3.79. The first kappa shape index (κ1) is 26.0. The zero-order valence-electron chi connectivity index (χ0n) is 20.7. The number of carboxylic acid groups (broad SMARTS) is 1. The maximum Gasteiger partial charge on any atom is 0.418 e. The van der Waals surface area contributed by atoms with Crippen molar-refractivity contribution < 1.29 is 28.2 Å². The van der Waals surface area contributed by atoms with Gasteiger partial charge in [0.05, 0.1) is 28.1 Å². The number of hydrogen-bond acceptors (Lipinski definition) is 3. The molecule has 0 saturated carbocycles. The number of phenols is 1. The van der Waals surface area contributed by atoms with Crippen LogP contribution in [0.15, 0.2) is 72.8 Å².